The van der Waals surface area contributed by atoms with Crippen molar-refractivity contribution in [1.29, 1.82) is 0 Å². The Hall–Kier alpha value is -2.23. The Kier molecular flexibility index (Phi) is 3.84. The van der Waals surface area contributed by atoms with Gasteiger partial charge in [0.25, 0.3) is 0 Å². The molecule has 0 fully saturated rings. The fraction of sp³-hybridized carbons (Fsp3) is 0.312. The van der Waals surface area contributed by atoms with Crippen LogP contribution in [0.2, 0.25) is 0 Å². The van der Waals surface area contributed by atoms with E-state index in [1.165, 1.54) is 5.56 Å². The molecule has 4 heteroatoms. The average Bonchev–Trinajstić information content (AvgIpc) is 2.80. The van der Waals surface area contributed by atoms with Crippen molar-refractivity contribution in [2.45, 2.75) is 26.7 Å². The van der Waals surface area contributed by atoms with Gasteiger partial charge < -0.3 is 14.8 Å². The third-order valence-electron chi connectivity index (χ3n) is 3.43. The van der Waals surface area contributed by atoms with E-state index in [9.17, 15) is 4.79 Å². The van der Waals surface area contributed by atoms with E-state index in [0.717, 1.165) is 17.0 Å². The molecule has 0 saturated carbocycles. The number of benzene rings is 1. The summed E-state index contributed by atoms with van der Waals surface area (Å²) in [5, 5.41) is 9.14. The van der Waals surface area contributed by atoms with Crippen molar-refractivity contribution >= 4 is 5.97 Å². The van der Waals surface area contributed by atoms with Gasteiger partial charge in [0.2, 0.25) is 0 Å². The van der Waals surface area contributed by atoms with Gasteiger partial charge in [-0.25, -0.2) is 4.79 Å². The number of aromatic amines is 1. The maximum atomic E-state index is 11.1. The van der Waals surface area contributed by atoms with Crippen LogP contribution in [0, 0.1) is 6.92 Å². The van der Waals surface area contributed by atoms with E-state index >= 15 is 0 Å². The number of hydrogen-bond donors (Lipinski definition) is 2. The molecule has 1 aromatic heterocycles. The zero-order valence-electron chi connectivity index (χ0n) is 12.2. The van der Waals surface area contributed by atoms with E-state index in [2.05, 4.69) is 18.8 Å². The van der Waals surface area contributed by atoms with E-state index in [1.54, 1.807) is 20.1 Å². The third kappa shape index (κ3) is 2.54. The number of carboxylic acid groups (broad SMARTS) is 1. The van der Waals surface area contributed by atoms with Crippen LogP contribution in [-0.2, 0) is 0 Å². The van der Waals surface area contributed by atoms with Crippen LogP contribution in [0.1, 0.15) is 41.4 Å². The molecule has 1 heterocycles. The second-order valence-corrected chi connectivity index (χ2v) is 5.14. The van der Waals surface area contributed by atoms with Crippen LogP contribution in [-0.4, -0.2) is 23.2 Å². The van der Waals surface area contributed by atoms with Gasteiger partial charge in [-0.3, -0.25) is 0 Å². The minimum Gasteiger partial charge on any atom is -0.496 e. The summed E-state index contributed by atoms with van der Waals surface area (Å²) >= 11 is 0. The lowest BCUT2D eigenvalue weighted by atomic mass is 9.99. The largest absolute Gasteiger partial charge is 0.496 e. The molecule has 0 saturated heterocycles. The molecule has 0 aliphatic rings. The van der Waals surface area contributed by atoms with Gasteiger partial charge in [-0.2, -0.15) is 0 Å². The van der Waals surface area contributed by atoms with Crippen LogP contribution in [0.3, 0.4) is 0 Å². The number of H-pyrrole nitrogens is 1. The predicted molar refractivity (Wildman–Crippen MR) is 78.6 cm³/mol. The van der Waals surface area contributed by atoms with Crippen molar-refractivity contribution in [2.75, 3.05) is 7.11 Å². The first-order valence-corrected chi connectivity index (χ1v) is 6.55. The van der Waals surface area contributed by atoms with Crippen LogP contribution < -0.4 is 4.74 Å². The Bertz CT molecular complexity index is 641. The molecule has 0 amide bonds. The first-order valence-electron chi connectivity index (χ1n) is 6.55. The quantitative estimate of drug-likeness (QED) is 0.890. The predicted octanol–water partition coefficient (Wildman–Crippen LogP) is 3.82. The molecule has 4 nitrogen and oxygen atoms in total. The summed E-state index contributed by atoms with van der Waals surface area (Å²) < 4.78 is 5.38. The van der Waals surface area contributed by atoms with E-state index in [1.807, 2.05) is 18.2 Å². The number of rotatable bonds is 4. The van der Waals surface area contributed by atoms with Gasteiger partial charge in [-0.1, -0.05) is 19.9 Å². The molecule has 0 bridgehead atoms. The van der Waals surface area contributed by atoms with Gasteiger partial charge in [-0.05, 0) is 36.6 Å². The summed E-state index contributed by atoms with van der Waals surface area (Å²) in [6, 6.07) is 7.64. The van der Waals surface area contributed by atoms with Crippen LogP contribution in [0.4, 0.5) is 0 Å². The van der Waals surface area contributed by atoms with E-state index in [-0.39, 0.29) is 5.56 Å². The maximum absolute atomic E-state index is 11.1. The first kappa shape index (κ1) is 14.2. The summed E-state index contributed by atoms with van der Waals surface area (Å²) in [6.07, 6.45) is 0. The summed E-state index contributed by atoms with van der Waals surface area (Å²) in [6.45, 7) is 5.99. The van der Waals surface area contributed by atoms with Gasteiger partial charge in [0, 0.05) is 11.3 Å². The fourth-order valence-electron chi connectivity index (χ4n) is 2.22. The van der Waals surface area contributed by atoms with Crippen molar-refractivity contribution in [1.82, 2.24) is 4.98 Å². The number of carboxylic acids is 1. The topological polar surface area (TPSA) is 62.3 Å². The van der Waals surface area contributed by atoms with E-state index in [0.29, 0.717) is 11.6 Å². The van der Waals surface area contributed by atoms with Crippen molar-refractivity contribution in [3.63, 3.8) is 0 Å². The lowest BCUT2D eigenvalue weighted by Crippen LogP contribution is -1.95. The fourth-order valence-corrected chi connectivity index (χ4v) is 2.22. The molecule has 0 spiro atoms. The molecule has 0 aliphatic heterocycles. The molecule has 106 valence electrons. The number of hydrogen-bond acceptors (Lipinski definition) is 2. The molecular weight excluding hydrogens is 254 g/mol. The summed E-state index contributed by atoms with van der Waals surface area (Å²) in [4.78, 5) is 14.3. The van der Waals surface area contributed by atoms with Crippen molar-refractivity contribution in [2.24, 2.45) is 0 Å². The number of methoxy groups -OCH3 is 1. The molecular formula is C16H19NO3. The van der Waals surface area contributed by atoms with Gasteiger partial charge in [0.05, 0.1) is 18.4 Å². The molecule has 0 aliphatic carbocycles. The Morgan fingerprint density at radius 3 is 2.50 bits per heavy atom. The Morgan fingerprint density at radius 1 is 1.30 bits per heavy atom. The number of ether oxygens (including phenoxy) is 1. The Morgan fingerprint density at radius 2 is 2.00 bits per heavy atom. The highest BCUT2D eigenvalue weighted by molar-refractivity contribution is 5.91. The number of carbonyl (C=O) groups is 1. The average molecular weight is 273 g/mol. The Balaban J connectivity index is 2.58. The van der Waals surface area contributed by atoms with Crippen molar-refractivity contribution < 1.29 is 14.6 Å². The number of aromatic carboxylic acids is 1. The third-order valence-corrected chi connectivity index (χ3v) is 3.43. The number of aryl methyl sites for hydroxylation is 1. The summed E-state index contributed by atoms with van der Waals surface area (Å²) in [5.41, 5.74) is 3.76. The van der Waals surface area contributed by atoms with Crippen LogP contribution >= 0.6 is 0 Å². The van der Waals surface area contributed by atoms with Gasteiger partial charge in [0.1, 0.15) is 5.75 Å². The minimum atomic E-state index is -0.927. The molecule has 1 aromatic carbocycles. The zero-order chi connectivity index (χ0) is 14.9. The highest BCUT2D eigenvalue weighted by Crippen LogP contribution is 2.33. The van der Waals surface area contributed by atoms with Crippen LogP contribution in [0.15, 0.2) is 24.3 Å². The monoisotopic (exact) mass is 273 g/mol. The van der Waals surface area contributed by atoms with Crippen molar-refractivity contribution in [3.05, 3.63) is 41.1 Å². The second kappa shape index (κ2) is 5.41. The molecule has 0 atom stereocenters. The standard InChI is InChI=1S/C16H19NO3/c1-9(2)11-5-6-15(20-4)13(7-11)14-8-12(16(18)19)10(3)17-14/h5-9,17H,1-4H3,(H,18,19). The molecule has 0 radical (unpaired) electrons. The summed E-state index contributed by atoms with van der Waals surface area (Å²) in [7, 11) is 1.61. The molecule has 20 heavy (non-hydrogen) atoms. The first-order chi connectivity index (χ1) is 9.43. The van der Waals surface area contributed by atoms with E-state index < -0.39 is 5.97 Å². The molecule has 2 aromatic rings. The second-order valence-electron chi connectivity index (χ2n) is 5.14. The smallest absolute Gasteiger partial charge is 0.337 e. The highest BCUT2D eigenvalue weighted by Gasteiger charge is 2.15. The van der Waals surface area contributed by atoms with Gasteiger partial charge in [0.15, 0.2) is 0 Å². The van der Waals surface area contributed by atoms with Gasteiger partial charge in [-0.15, -0.1) is 0 Å². The lowest BCUT2D eigenvalue weighted by molar-refractivity contribution is 0.0696. The van der Waals surface area contributed by atoms with Crippen LogP contribution in [0.5, 0.6) is 5.75 Å². The lowest BCUT2D eigenvalue weighted by Gasteiger charge is -2.11. The maximum Gasteiger partial charge on any atom is 0.337 e. The number of nitrogens with one attached hydrogen (secondary N) is 1. The van der Waals surface area contributed by atoms with Crippen LogP contribution in [0.25, 0.3) is 11.3 Å². The zero-order valence-corrected chi connectivity index (χ0v) is 12.2. The van der Waals surface area contributed by atoms with Gasteiger partial charge >= 0.3 is 5.97 Å². The molecule has 2 N–H and O–H groups in total. The minimum absolute atomic E-state index is 0.289. The highest BCUT2D eigenvalue weighted by atomic mass is 16.5. The molecule has 2 rings (SSSR count). The summed E-state index contributed by atoms with van der Waals surface area (Å²) in [5.74, 6) is 0.200. The Labute approximate surface area is 118 Å². The number of aromatic nitrogens is 1. The SMILES string of the molecule is COc1ccc(C(C)C)cc1-c1cc(C(=O)O)c(C)[nH]1. The van der Waals surface area contributed by atoms with Crippen molar-refractivity contribution in [3.8, 4) is 17.0 Å². The van der Waals surface area contributed by atoms with E-state index in [4.69, 9.17) is 9.84 Å². The molecule has 0 unspecified atom stereocenters. The normalized spacial score (nSPS) is 10.8.